The molecule has 1 aliphatic carbocycles. The summed E-state index contributed by atoms with van der Waals surface area (Å²) in [6, 6.07) is 11.9. The normalized spacial score (nSPS) is 18.5. The fourth-order valence-corrected chi connectivity index (χ4v) is 5.55. The molecule has 33 heavy (non-hydrogen) atoms. The molecule has 1 aromatic heterocycles. The van der Waals surface area contributed by atoms with Crippen molar-refractivity contribution in [2.75, 3.05) is 17.8 Å². The average Bonchev–Trinajstić information content (AvgIpc) is 3.30. The second-order valence-electron chi connectivity index (χ2n) is 7.35. The van der Waals surface area contributed by atoms with E-state index in [1.807, 2.05) is 42.5 Å². The van der Waals surface area contributed by atoms with E-state index < -0.39 is 5.92 Å². The highest BCUT2D eigenvalue weighted by Gasteiger charge is 2.39. The van der Waals surface area contributed by atoms with Crippen molar-refractivity contribution in [3.63, 3.8) is 0 Å². The van der Waals surface area contributed by atoms with Crippen LogP contribution >= 0.6 is 23.1 Å². The first kappa shape index (κ1) is 22.8. The Morgan fingerprint density at radius 3 is 2.88 bits per heavy atom. The van der Waals surface area contributed by atoms with E-state index in [9.17, 15) is 14.9 Å². The SMILES string of the molecule is COC(=O)CSc1nnc(N2C(N)=C(C#N)C(/C=C/c3ccccc3)C3=C2CCCC3=O)s1. The van der Waals surface area contributed by atoms with Gasteiger partial charge in [0.15, 0.2) is 10.1 Å². The number of carbonyl (C=O) groups is 2. The van der Waals surface area contributed by atoms with Crippen molar-refractivity contribution >= 4 is 46.1 Å². The van der Waals surface area contributed by atoms with Crippen molar-refractivity contribution in [1.29, 1.82) is 5.26 Å². The molecule has 0 saturated heterocycles. The number of hydrogen-bond acceptors (Lipinski definition) is 10. The fraction of sp³-hybridized carbons (Fsp3) is 0.261. The van der Waals surface area contributed by atoms with Gasteiger partial charge >= 0.3 is 5.97 Å². The van der Waals surface area contributed by atoms with E-state index in [1.54, 1.807) is 4.90 Å². The Morgan fingerprint density at radius 2 is 2.15 bits per heavy atom. The van der Waals surface area contributed by atoms with Crippen molar-refractivity contribution in [2.24, 2.45) is 11.7 Å². The summed E-state index contributed by atoms with van der Waals surface area (Å²) in [6.07, 6.45) is 5.54. The van der Waals surface area contributed by atoms with E-state index in [1.165, 1.54) is 30.2 Å². The smallest absolute Gasteiger partial charge is 0.316 e. The van der Waals surface area contributed by atoms with Crippen LogP contribution in [0, 0.1) is 17.2 Å². The predicted molar refractivity (Wildman–Crippen MR) is 127 cm³/mol. The topological polar surface area (TPSA) is 122 Å². The van der Waals surface area contributed by atoms with Gasteiger partial charge in [-0.2, -0.15) is 5.26 Å². The summed E-state index contributed by atoms with van der Waals surface area (Å²) >= 11 is 2.46. The van der Waals surface area contributed by atoms with Gasteiger partial charge in [0.2, 0.25) is 5.13 Å². The molecule has 2 aromatic rings. The highest BCUT2D eigenvalue weighted by Crippen LogP contribution is 2.43. The van der Waals surface area contributed by atoms with Gasteiger partial charge in [-0.05, 0) is 18.4 Å². The van der Waals surface area contributed by atoms with Gasteiger partial charge in [-0.1, -0.05) is 65.6 Å². The number of methoxy groups -OCH3 is 1. The van der Waals surface area contributed by atoms with Crippen molar-refractivity contribution in [2.45, 2.75) is 23.6 Å². The molecular formula is C23H21N5O3S2. The number of anilines is 1. The maximum absolute atomic E-state index is 13.0. The van der Waals surface area contributed by atoms with Crippen molar-refractivity contribution in [3.8, 4) is 6.07 Å². The standard InChI is InChI=1S/C23H21N5O3S2/c1-31-19(30)13-32-23-27-26-22(33-23)28-17-8-5-9-18(29)20(17)15(16(12-24)21(28)25)11-10-14-6-3-2-4-7-14/h2-4,6-7,10-11,15H,5,8-9,13,25H2,1H3/b11-10+. The molecule has 1 aromatic carbocycles. The Labute approximate surface area is 199 Å². The van der Waals surface area contributed by atoms with Crippen molar-refractivity contribution in [3.05, 3.63) is 64.6 Å². The molecule has 0 bridgehead atoms. The molecule has 0 amide bonds. The molecule has 2 heterocycles. The molecule has 0 fully saturated rings. The lowest BCUT2D eigenvalue weighted by atomic mass is 9.79. The van der Waals surface area contributed by atoms with Crippen molar-refractivity contribution in [1.82, 2.24) is 10.2 Å². The van der Waals surface area contributed by atoms with Crippen LogP contribution in [0.15, 0.2) is 63.4 Å². The molecule has 10 heteroatoms. The summed E-state index contributed by atoms with van der Waals surface area (Å²) in [5, 5.41) is 18.8. The second kappa shape index (κ2) is 10.0. The van der Waals surface area contributed by atoms with Crippen LogP contribution in [0.5, 0.6) is 0 Å². The third kappa shape index (κ3) is 4.69. The number of rotatable bonds is 6. The number of allylic oxidation sites excluding steroid dienone is 4. The van der Waals surface area contributed by atoms with E-state index in [4.69, 9.17) is 5.73 Å². The van der Waals surface area contributed by atoms with Crippen LogP contribution < -0.4 is 10.6 Å². The predicted octanol–water partition coefficient (Wildman–Crippen LogP) is 3.65. The molecule has 1 unspecified atom stereocenters. The molecule has 1 atom stereocenters. The van der Waals surface area contributed by atoms with E-state index in [0.29, 0.717) is 39.9 Å². The van der Waals surface area contributed by atoms with Gasteiger partial charge in [0, 0.05) is 23.6 Å². The summed E-state index contributed by atoms with van der Waals surface area (Å²) in [6.45, 7) is 0. The third-order valence-corrected chi connectivity index (χ3v) is 7.38. The number of carbonyl (C=O) groups excluding carboxylic acids is 2. The van der Waals surface area contributed by atoms with E-state index in [2.05, 4.69) is 21.0 Å². The monoisotopic (exact) mass is 479 g/mol. The lowest BCUT2D eigenvalue weighted by Crippen LogP contribution is -2.39. The number of nitrogens with two attached hydrogens (primary N) is 1. The first-order valence-electron chi connectivity index (χ1n) is 10.3. The molecule has 0 spiro atoms. The van der Waals surface area contributed by atoms with E-state index in [-0.39, 0.29) is 23.3 Å². The van der Waals surface area contributed by atoms with Gasteiger partial charge in [-0.3, -0.25) is 14.5 Å². The number of thioether (sulfide) groups is 1. The number of aromatic nitrogens is 2. The molecule has 0 saturated carbocycles. The van der Waals surface area contributed by atoms with E-state index in [0.717, 1.165) is 11.3 Å². The fourth-order valence-electron chi connectivity index (χ4n) is 3.84. The Kier molecular flexibility index (Phi) is 6.91. The number of benzene rings is 1. The van der Waals surface area contributed by atoms with Gasteiger partial charge in [0.05, 0.1) is 24.5 Å². The van der Waals surface area contributed by atoms with E-state index >= 15 is 0 Å². The van der Waals surface area contributed by atoms with Crippen molar-refractivity contribution < 1.29 is 14.3 Å². The van der Waals surface area contributed by atoms with Gasteiger partial charge < -0.3 is 10.5 Å². The Morgan fingerprint density at radius 1 is 1.36 bits per heavy atom. The minimum atomic E-state index is -0.518. The minimum absolute atomic E-state index is 0.00835. The quantitative estimate of drug-likeness (QED) is 0.488. The van der Waals surface area contributed by atoms with Gasteiger partial charge in [0.1, 0.15) is 5.82 Å². The highest BCUT2D eigenvalue weighted by molar-refractivity contribution is 8.01. The zero-order valence-electron chi connectivity index (χ0n) is 17.9. The van der Waals surface area contributed by atoms with Gasteiger partial charge in [0.25, 0.3) is 0 Å². The van der Waals surface area contributed by atoms with Crippen LogP contribution in [0.3, 0.4) is 0 Å². The molecule has 8 nitrogen and oxygen atoms in total. The largest absolute Gasteiger partial charge is 0.468 e. The number of ketones is 1. The number of Topliss-reactive ketones (excluding diaryl/α,β-unsaturated/α-hetero) is 1. The Hall–Kier alpha value is -3.42. The Balaban J connectivity index is 1.73. The number of hydrogen-bond donors (Lipinski definition) is 1. The maximum atomic E-state index is 13.0. The maximum Gasteiger partial charge on any atom is 0.316 e. The van der Waals surface area contributed by atoms with Crippen LogP contribution in [-0.4, -0.2) is 34.8 Å². The second-order valence-corrected chi connectivity index (χ2v) is 9.52. The number of nitriles is 1. The third-order valence-electron chi connectivity index (χ3n) is 5.37. The highest BCUT2D eigenvalue weighted by atomic mass is 32.2. The van der Waals surface area contributed by atoms with Gasteiger partial charge in [-0.15, -0.1) is 10.2 Å². The lowest BCUT2D eigenvalue weighted by Gasteiger charge is -2.37. The summed E-state index contributed by atoms with van der Waals surface area (Å²) in [5.41, 5.74) is 9.10. The summed E-state index contributed by atoms with van der Waals surface area (Å²) < 4.78 is 5.23. The average molecular weight is 480 g/mol. The van der Waals surface area contributed by atoms with Crippen LogP contribution in [0.4, 0.5) is 5.13 Å². The molecule has 1 aliphatic heterocycles. The zero-order valence-corrected chi connectivity index (χ0v) is 19.5. The number of nitrogens with zero attached hydrogens (tertiary/aromatic N) is 4. The molecule has 4 rings (SSSR count). The van der Waals surface area contributed by atoms with Crippen LogP contribution in [0.25, 0.3) is 6.08 Å². The Bertz CT molecular complexity index is 1210. The lowest BCUT2D eigenvalue weighted by molar-refractivity contribution is -0.137. The summed E-state index contributed by atoms with van der Waals surface area (Å²) in [4.78, 5) is 26.1. The molecule has 2 aliphatic rings. The van der Waals surface area contributed by atoms with Crippen LogP contribution in [0.1, 0.15) is 24.8 Å². The first-order chi connectivity index (χ1) is 16.0. The summed E-state index contributed by atoms with van der Waals surface area (Å²) in [7, 11) is 1.33. The van der Waals surface area contributed by atoms with Gasteiger partial charge in [-0.25, -0.2) is 0 Å². The van der Waals surface area contributed by atoms with Crippen LogP contribution in [0.2, 0.25) is 0 Å². The molecule has 0 radical (unpaired) electrons. The molecule has 168 valence electrons. The van der Waals surface area contributed by atoms with Crippen LogP contribution in [-0.2, 0) is 14.3 Å². The zero-order chi connectivity index (χ0) is 23.4. The number of esters is 1. The summed E-state index contributed by atoms with van der Waals surface area (Å²) in [5.74, 6) is -0.519. The number of ether oxygens (including phenoxy) is 1. The molecular weight excluding hydrogens is 458 g/mol. The minimum Gasteiger partial charge on any atom is -0.468 e. The first-order valence-corrected chi connectivity index (χ1v) is 12.1. The molecule has 2 N–H and O–H groups in total.